The van der Waals surface area contributed by atoms with Crippen LogP contribution < -0.4 is 0 Å². The summed E-state index contributed by atoms with van der Waals surface area (Å²) in [5, 5.41) is 5.20. The number of nitrogens with one attached hydrogen (secondary N) is 1. The van der Waals surface area contributed by atoms with Crippen LogP contribution in [0, 0.1) is 0 Å². The van der Waals surface area contributed by atoms with Crippen molar-refractivity contribution in [2.75, 3.05) is 0 Å². The van der Waals surface area contributed by atoms with Gasteiger partial charge in [-0.1, -0.05) is 86.6 Å². The average molecular weight is 333 g/mol. The summed E-state index contributed by atoms with van der Waals surface area (Å²) < 4.78 is 0. The lowest BCUT2D eigenvalue weighted by Gasteiger charge is -2.21. The number of H-pyrrole nitrogens is 1. The summed E-state index contributed by atoms with van der Waals surface area (Å²) in [6, 6.07) is 26.6. The first-order chi connectivity index (χ1) is 12.7. The lowest BCUT2D eigenvalue weighted by molar-refractivity contribution is 0.661. The van der Waals surface area contributed by atoms with Gasteiger partial charge in [0.15, 0.2) is 0 Å². The molecule has 0 aliphatic heterocycles. The van der Waals surface area contributed by atoms with Gasteiger partial charge in [0.25, 0.3) is 0 Å². The normalized spacial score (nSPS) is 14.8. The van der Waals surface area contributed by atoms with Gasteiger partial charge in [0.05, 0.1) is 11.0 Å². The van der Waals surface area contributed by atoms with Crippen molar-refractivity contribution in [1.82, 2.24) is 4.98 Å². The number of aromatic nitrogens is 1. The third-order valence-corrected chi connectivity index (χ3v) is 6.22. The fourth-order valence-corrected chi connectivity index (χ4v) is 4.90. The van der Waals surface area contributed by atoms with E-state index in [4.69, 9.17) is 0 Å². The van der Waals surface area contributed by atoms with E-state index >= 15 is 0 Å². The SMILES string of the molecule is CC1(C)c2ccccc2-c2c1ccc1c2[nH]c2c3ccccc3ccc12. The Kier molecular flexibility index (Phi) is 2.48. The van der Waals surface area contributed by atoms with E-state index in [9.17, 15) is 0 Å². The van der Waals surface area contributed by atoms with Gasteiger partial charge in [0.2, 0.25) is 0 Å². The van der Waals surface area contributed by atoms with E-state index < -0.39 is 0 Å². The van der Waals surface area contributed by atoms with Crippen LogP contribution in [0.2, 0.25) is 0 Å². The molecule has 5 aromatic rings. The molecule has 0 bridgehead atoms. The van der Waals surface area contributed by atoms with Crippen molar-refractivity contribution in [2.45, 2.75) is 19.3 Å². The molecule has 1 nitrogen and oxygen atoms in total. The van der Waals surface area contributed by atoms with Crippen LogP contribution in [0.4, 0.5) is 0 Å². The van der Waals surface area contributed by atoms with Crippen LogP contribution in [0.15, 0.2) is 72.8 Å². The third kappa shape index (κ3) is 1.56. The Morgan fingerprint density at radius 3 is 2.27 bits per heavy atom. The largest absolute Gasteiger partial charge is 0.353 e. The molecular weight excluding hydrogens is 314 g/mol. The summed E-state index contributed by atoms with van der Waals surface area (Å²) in [5.74, 6) is 0. The molecule has 1 aromatic heterocycles. The van der Waals surface area contributed by atoms with Gasteiger partial charge < -0.3 is 4.98 Å². The number of fused-ring (bicyclic) bond motifs is 9. The highest BCUT2D eigenvalue weighted by atomic mass is 14.7. The van der Waals surface area contributed by atoms with Crippen molar-refractivity contribution < 1.29 is 0 Å². The van der Waals surface area contributed by atoms with Gasteiger partial charge in [-0.3, -0.25) is 0 Å². The summed E-state index contributed by atoms with van der Waals surface area (Å²) in [7, 11) is 0. The maximum Gasteiger partial charge on any atom is 0.0547 e. The van der Waals surface area contributed by atoms with Crippen molar-refractivity contribution in [3.8, 4) is 11.1 Å². The lowest BCUT2D eigenvalue weighted by atomic mass is 9.82. The van der Waals surface area contributed by atoms with Crippen molar-refractivity contribution in [2.24, 2.45) is 0 Å². The van der Waals surface area contributed by atoms with E-state index in [-0.39, 0.29) is 5.41 Å². The maximum absolute atomic E-state index is 3.80. The van der Waals surface area contributed by atoms with E-state index in [0.717, 1.165) is 0 Å². The maximum atomic E-state index is 3.80. The van der Waals surface area contributed by atoms with Crippen LogP contribution in [-0.2, 0) is 5.41 Å². The van der Waals surface area contributed by atoms with Crippen LogP contribution >= 0.6 is 0 Å². The molecule has 1 aliphatic carbocycles. The van der Waals surface area contributed by atoms with E-state index in [0.29, 0.717) is 0 Å². The highest BCUT2D eigenvalue weighted by molar-refractivity contribution is 6.20. The van der Waals surface area contributed by atoms with Gasteiger partial charge in [0.1, 0.15) is 0 Å². The van der Waals surface area contributed by atoms with Gasteiger partial charge in [-0.15, -0.1) is 0 Å². The summed E-state index contributed by atoms with van der Waals surface area (Å²) in [6.07, 6.45) is 0. The summed E-state index contributed by atoms with van der Waals surface area (Å²) in [5.41, 5.74) is 8.14. The van der Waals surface area contributed by atoms with E-state index in [1.807, 2.05) is 0 Å². The Balaban J connectivity index is 1.84. The second-order valence-electron chi connectivity index (χ2n) is 7.92. The van der Waals surface area contributed by atoms with Crippen LogP contribution in [0.3, 0.4) is 0 Å². The molecule has 0 spiro atoms. The van der Waals surface area contributed by atoms with Crippen molar-refractivity contribution in [1.29, 1.82) is 0 Å². The Morgan fingerprint density at radius 1 is 0.615 bits per heavy atom. The van der Waals surface area contributed by atoms with Crippen LogP contribution in [0.25, 0.3) is 43.7 Å². The number of hydrogen-bond acceptors (Lipinski definition) is 0. The molecule has 1 aliphatic rings. The molecule has 0 fully saturated rings. The topological polar surface area (TPSA) is 15.8 Å². The zero-order chi connectivity index (χ0) is 17.5. The number of benzene rings is 4. The first-order valence-corrected chi connectivity index (χ1v) is 9.23. The molecule has 0 radical (unpaired) electrons. The molecule has 1 heteroatoms. The van der Waals surface area contributed by atoms with Crippen LogP contribution in [0.5, 0.6) is 0 Å². The predicted molar refractivity (Wildman–Crippen MR) is 111 cm³/mol. The Labute approximate surface area is 152 Å². The molecule has 6 rings (SSSR count). The predicted octanol–water partition coefficient (Wildman–Crippen LogP) is 6.78. The molecule has 4 aromatic carbocycles. The molecule has 0 saturated carbocycles. The Morgan fingerprint density at radius 2 is 1.35 bits per heavy atom. The Hall–Kier alpha value is -3.06. The van der Waals surface area contributed by atoms with Crippen molar-refractivity contribution >= 4 is 32.6 Å². The number of hydrogen-bond donors (Lipinski definition) is 1. The Bertz CT molecular complexity index is 1350. The van der Waals surface area contributed by atoms with Crippen molar-refractivity contribution in [3.63, 3.8) is 0 Å². The zero-order valence-electron chi connectivity index (χ0n) is 14.9. The van der Waals surface area contributed by atoms with Crippen molar-refractivity contribution in [3.05, 3.63) is 83.9 Å². The molecule has 0 unspecified atom stereocenters. The molecule has 0 saturated heterocycles. The fraction of sp³-hybridized carbons (Fsp3) is 0.120. The minimum atomic E-state index is 0.0411. The standard InChI is InChI=1S/C25H19N/c1-25(2)20-10-6-5-9-19(20)22-21(25)14-13-18-17-12-11-15-7-3-4-8-16(15)23(17)26-24(18)22/h3-14,26H,1-2H3. The van der Waals surface area contributed by atoms with E-state index in [1.165, 1.54) is 54.8 Å². The van der Waals surface area contributed by atoms with Crippen LogP contribution in [-0.4, -0.2) is 4.98 Å². The highest BCUT2D eigenvalue weighted by Gasteiger charge is 2.36. The first-order valence-electron chi connectivity index (χ1n) is 9.23. The second-order valence-corrected chi connectivity index (χ2v) is 7.92. The van der Waals surface area contributed by atoms with Gasteiger partial charge in [-0.25, -0.2) is 0 Å². The molecule has 0 atom stereocenters. The third-order valence-electron chi connectivity index (χ3n) is 6.22. The summed E-state index contributed by atoms with van der Waals surface area (Å²) in [6.45, 7) is 4.67. The van der Waals surface area contributed by atoms with Gasteiger partial charge in [0, 0.05) is 27.1 Å². The average Bonchev–Trinajstić information content (AvgIpc) is 3.16. The molecule has 0 amide bonds. The van der Waals surface area contributed by atoms with Gasteiger partial charge >= 0.3 is 0 Å². The fourth-order valence-electron chi connectivity index (χ4n) is 4.90. The molecular formula is C25H19N. The van der Waals surface area contributed by atoms with E-state index in [2.05, 4.69) is 91.6 Å². The smallest absolute Gasteiger partial charge is 0.0547 e. The molecule has 1 N–H and O–H groups in total. The molecule has 26 heavy (non-hydrogen) atoms. The van der Waals surface area contributed by atoms with Gasteiger partial charge in [-0.05, 0) is 22.1 Å². The minimum absolute atomic E-state index is 0.0411. The number of aromatic amines is 1. The summed E-state index contributed by atoms with van der Waals surface area (Å²) in [4.78, 5) is 3.80. The highest BCUT2D eigenvalue weighted by Crippen LogP contribution is 2.51. The molecule has 1 heterocycles. The van der Waals surface area contributed by atoms with Gasteiger partial charge in [-0.2, -0.15) is 0 Å². The quantitative estimate of drug-likeness (QED) is 0.321. The lowest BCUT2D eigenvalue weighted by Crippen LogP contribution is -2.14. The minimum Gasteiger partial charge on any atom is -0.353 e. The molecule has 124 valence electrons. The zero-order valence-corrected chi connectivity index (χ0v) is 14.9. The first kappa shape index (κ1) is 14.1. The summed E-state index contributed by atoms with van der Waals surface area (Å²) >= 11 is 0. The second kappa shape index (κ2) is 4.56. The monoisotopic (exact) mass is 333 g/mol. The number of rotatable bonds is 0. The van der Waals surface area contributed by atoms with E-state index in [1.54, 1.807) is 0 Å². The van der Waals surface area contributed by atoms with Crippen LogP contribution in [0.1, 0.15) is 25.0 Å².